The third-order valence-electron chi connectivity index (χ3n) is 6.44. The van der Waals surface area contributed by atoms with E-state index in [-0.39, 0.29) is 0 Å². The summed E-state index contributed by atoms with van der Waals surface area (Å²) in [6.07, 6.45) is -4.39. The van der Waals surface area contributed by atoms with Crippen molar-refractivity contribution in [3.63, 3.8) is 0 Å². The topological polar surface area (TPSA) is 40.2 Å². The summed E-state index contributed by atoms with van der Waals surface area (Å²) in [5, 5.41) is 0. The molecule has 1 atom stereocenters. The molecule has 3 aromatic rings. The second-order valence-corrected chi connectivity index (χ2v) is 8.49. The molecule has 3 aromatic carbocycles. The van der Waals surface area contributed by atoms with Crippen LogP contribution in [0.1, 0.15) is 16.7 Å². The maximum atomic E-state index is 13.0. The number of likely N-dealkylation sites (N-methyl/N-ethyl adjacent to an activating group) is 1. The van der Waals surface area contributed by atoms with E-state index >= 15 is 0 Å². The Kier molecular flexibility index (Phi) is 4.24. The Morgan fingerprint density at radius 1 is 0.909 bits per heavy atom. The van der Waals surface area contributed by atoms with Crippen LogP contribution in [0.2, 0.25) is 0 Å². The van der Waals surface area contributed by atoms with Crippen molar-refractivity contribution in [1.82, 2.24) is 0 Å². The van der Waals surface area contributed by atoms with Crippen molar-refractivity contribution in [2.24, 2.45) is 0 Å². The van der Waals surface area contributed by atoms with Crippen molar-refractivity contribution in [1.29, 1.82) is 0 Å². The molecule has 0 radical (unpaired) electrons. The van der Waals surface area contributed by atoms with Crippen LogP contribution in [0.5, 0.6) is 28.7 Å². The second-order valence-electron chi connectivity index (χ2n) is 8.49. The maximum absolute atomic E-state index is 13.0. The van der Waals surface area contributed by atoms with E-state index in [2.05, 4.69) is 4.90 Å². The Labute approximate surface area is 188 Å². The fraction of sp³-hybridized carbons (Fsp3) is 0.280. The lowest BCUT2D eigenvalue weighted by Gasteiger charge is -2.26. The number of benzene rings is 3. The van der Waals surface area contributed by atoms with Gasteiger partial charge in [0, 0.05) is 36.5 Å². The maximum Gasteiger partial charge on any atom is 0.416 e. The molecule has 170 valence electrons. The summed E-state index contributed by atoms with van der Waals surface area (Å²) in [4.78, 5) is 2.14. The van der Waals surface area contributed by atoms with Gasteiger partial charge in [-0.2, -0.15) is 13.2 Å². The molecule has 6 rings (SSSR count). The Morgan fingerprint density at radius 2 is 1.64 bits per heavy atom. The van der Waals surface area contributed by atoms with E-state index < -0.39 is 17.2 Å². The molecule has 33 heavy (non-hydrogen) atoms. The first-order valence-electron chi connectivity index (χ1n) is 10.6. The SMILES string of the molecule is CN1CC2(COc3cc4c(cc32)OCCO4)c2c(Oc3ccc(C(F)(F)F)cc3)cccc21. The lowest BCUT2D eigenvalue weighted by atomic mass is 9.77. The lowest BCUT2D eigenvalue weighted by molar-refractivity contribution is -0.137. The van der Waals surface area contributed by atoms with E-state index in [1.54, 1.807) is 0 Å². The number of hydrogen-bond acceptors (Lipinski definition) is 5. The monoisotopic (exact) mass is 455 g/mol. The highest BCUT2D eigenvalue weighted by Crippen LogP contribution is 2.56. The van der Waals surface area contributed by atoms with Crippen LogP contribution >= 0.6 is 0 Å². The minimum Gasteiger partial charge on any atom is -0.492 e. The van der Waals surface area contributed by atoms with E-state index in [4.69, 9.17) is 18.9 Å². The van der Waals surface area contributed by atoms with Crippen LogP contribution < -0.4 is 23.8 Å². The van der Waals surface area contributed by atoms with Gasteiger partial charge in [-0.05, 0) is 42.5 Å². The normalized spacial score (nSPS) is 20.4. The first-order valence-corrected chi connectivity index (χ1v) is 10.6. The number of hydrogen-bond donors (Lipinski definition) is 0. The van der Waals surface area contributed by atoms with Crippen molar-refractivity contribution >= 4 is 5.69 Å². The molecular formula is C25H20F3NO4. The molecule has 0 aromatic heterocycles. The summed E-state index contributed by atoms with van der Waals surface area (Å²) >= 11 is 0. The van der Waals surface area contributed by atoms with Gasteiger partial charge in [-0.3, -0.25) is 0 Å². The Bertz CT molecular complexity index is 1240. The van der Waals surface area contributed by atoms with Gasteiger partial charge in [0.25, 0.3) is 0 Å². The van der Waals surface area contributed by atoms with Gasteiger partial charge in [0.15, 0.2) is 11.5 Å². The predicted octanol–water partition coefficient (Wildman–Crippen LogP) is 5.40. The van der Waals surface area contributed by atoms with E-state index in [1.165, 1.54) is 12.1 Å². The van der Waals surface area contributed by atoms with Gasteiger partial charge >= 0.3 is 6.18 Å². The minimum atomic E-state index is -4.39. The Morgan fingerprint density at radius 3 is 2.36 bits per heavy atom. The fourth-order valence-corrected chi connectivity index (χ4v) is 4.99. The van der Waals surface area contributed by atoms with Gasteiger partial charge in [0.2, 0.25) is 0 Å². The average molecular weight is 455 g/mol. The zero-order chi connectivity index (χ0) is 22.8. The molecule has 0 bridgehead atoms. The summed E-state index contributed by atoms with van der Waals surface area (Å²) < 4.78 is 62.6. The van der Waals surface area contributed by atoms with Crippen LogP contribution in [0, 0.1) is 0 Å². The third-order valence-corrected chi connectivity index (χ3v) is 6.44. The highest BCUT2D eigenvalue weighted by molar-refractivity contribution is 5.74. The molecule has 3 heterocycles. The highest BCUT2D eigenvalue weighted by Gasteiger charge is 2.51. The largest absolute Gasteiger partial charge is 0.492 e. The Hall–Kier alpha value is -3.55. The Balaban J connectivity index is 1.43. The van der Waals surface area contributed by atoms with Crippen LogP contribution in [0.4, 0.5) is 18.9 Å². The molecular weight excluding hydrogens is 435 g/mol. The molecule has 0 saturated carbocycles. The van der Waals surface area contributed by atoms with Gasteiger partial charge in [-0.15, -0.1) is 0 Å². The van der Waals surface area contributed by atoms with Crippen molar-refractivity contribution in [2.75, 3.05) is 38.3 Å². The molecule has 0 N–H and O–H groups in total. The highest BCUT2D eigenvalue weighted by atomic mass is 19.4. The first-order chi connectivity index (χ1) is 15.8. The number of nitrogens with zero attached hydrogens (tertiary/aromatic N) is 1. The van der Waals surface area contributed by atoms with Crippen LogP contribution in [0.25, 0.3) is 0 Å². The summed E-state index contributed by atoms with van der Waals surface area (Å²) in [7, 11) is 2.01. The standard InChI is InChI=1S/C25H20F3NO4/c1-29-13-24(14-32-20-12-22-21(11-17(20)24)30-9-10-31-22)23-18(29)3-2-4-19(23)33-16-7-5-15(6-8-16)25(26,27)28/h2-8,11-12H,9-10,13-14H2,1H3. The van der Waals surface area contributed by atoms with Gasteiger partial charge in [-0.25, -0.2) is 0 Å². The molecule has 1 spiro atoms. The molecule has 0 saturated heterocycles. The van der Waals surface area contributed by atoms with Crippen LogP contribution in [-0.2, 0) is 11.6 Å². The molecule has 3 aliphatic rings. The zero-order valence-corrected chi connectivity index (χ0v) is 17.7. The molecule has 0 amide bonds. The molecule has 8 heteroatoms. The summed E-state index contributed by atoms with van der Waals surface area (Å²) in [5.74, 6) is 3.01. The third kappa shape index (κ3) is 3.08. The smallest absolute Gasteiger partial charge is 0.416 e. The molecule has 5 nitrogen and oxygen atoms in total. The van der Waals surface area contributed by atoms with Gasteiger partial charge < -0.3 is 23.8 Å². The lowest BCUT2D eigenvalue weighted by Crippen LogP contribution is -2.34. The van der Waals surface area contributed by atoms with Crippen molar-refractivity contribution in [3.05, 3.63) is 71.3 Å². The van der Waals surface area contributed by atoms with Crippen molar-refractivity contribution < 1.29 is 32.1 Å². The van der Waals surface area contributed by atoms with Crippen molar-refractivity contribution in [3.8, 4) is 28.7 Å². The fourth-order valence-electron chi connectivity index (χ4n) is 4.99. The zero-order valence-electron chi connectivity index (χ0n) is 17.7. The van der Waals surface area contributed by atoms with Crippen LogP contribution in [0.15, 0.2) is 54.6 Å². The van der Waals surface area contributed by atoms with Crippen molar-refractivity contribution in [2.45, 2.75) is 11.6 Å². The predicted molar refractivity (Wildman–Crippen MR) is 115 cm³/mol. The van der Waals surface area contributed by atoms with E-state index in [1.807, 2.05) is 37.4 Å². The molecule has 1 unspecified atom stereocenters. The number of anilines is 1. The quantitative estimate of drug-likeness (QED) is 0.518. The van der Waals surface area contributed by atoms with E-state index in [9.17, 15) is 13.2 Å². The number of ether oxygens (including phenoxy) is 4. The summed E-state index contributed by atoms with van der Waals surface area (Å²) in [6.45, 7) is 2.06. The van der Waals surface area contributed by atoms with Crippen LogP contribution in [-0.4, -0.2) is 33.4 Å². The number of alkyl halides is 3. The van der Waals surface area contributed by atoms with Gasteiger partial charge in [0.1, 0.15) is 37.1 Å². The molecule has 0 fully saturated rings. The molecule has 0 aliphatic carbocycles. The van der Waals surface area contributed by atoms with Gasteiger partial charge in [0.05, 0.1) is 11.0 Å². The number of fused-ring (bicyclic) bond motifs is 5. The summed E-state index contributed by atoms with van der Waals surface area (Å²) in [5.41, 5.74) is 1.71. The van der Waals surface area contributed by atoms with E-state index in [0.717, 1.165) is 34.7 Å². The first kappa shape index (κ1) is 20.1. The second kappa shape index (κ2) is 6.97. The minimum absolute atomic E-state index is 0.336. The number of halogens is 3. The van der Waals surface area contributed by atoms with E-state index in [0.29, 0.717) is 49.4 Å². The average Bonchev–Trinajstić information content (AvgIpc) is 3.30. The molecule has 3 aliphatic heterocycles. The van der Waals surface area contributed by atoms with Gasteiger partial charge in [-0.1, -0.05) is 6.07 Å². The van der Waals surface area contributed by atoms with Crippen LogP contribution in [0.3, 0.4) is 0 Å². The summed E-state index contributed by atoms with van der Waals surface area (Å²) in [6, 6.07) is 14.3. The number of rotatable bonds is 2.